The second kappa shape index (κ2) is 14.6. The summed E-state index contributed by atoms with van der Waals surface area (Å²) in [7, 11) is 0. The van der Waals surface area contributed by atoms with Gasteiger partial charge in [0.15, 0.2) is 17.8 Å². The maximum Gasteiger partial charge on any atom is 0.408 e. The van der Waals surface area contributed by atoms with Crippen LogP contribution in [0.5, 0.6) is 0 Å². The van der Waals surface area contributed by atoms with Gasteiger partial charge in [-0.15, -0.1) is 0 Å². The normalized spacial score (nSPS) is 16.1. The van der Waals surface area contributed by atoms with E-state index in [0.29, 0.717) is 13.0 Å². The molecule has 1 aromatic carbocycles. The van der Waals surface area contributed by atoms with Crippen LogP contribution in [0.2, 0.25) is 0 Å². The molecule has 0 spiro atoms. The number of amides is 3. The molecule has 13 heteroatoms. The van der Waals surface area contributed by atoms with E-state index in [0.717, 1.165) is 5.56 Å². The summed E-state index contributed by atoms with van der Waals surface area (Å²) >= 11 is 0. The van der Waals surface area contributed by atoms with Crippen LogP contribution in [-0.4, -0.2) is 67.5 Å². The Balaban J connectivity index is 1.83. The number of guanidine groups is 1. The third kappa shape index (κ3) is 9.88. The third-order valence-corrected chi connectivity index (χ3v) is 5.24. The fourth-order valence-electron chi connectivity index (χ4n) is 3.25. The molecule has 1 aliphatic heterocycles. The number of Topliss-reactive ketones (excluding diaryl/α,β-unsaturated/α-hetero) is 1. The van der Waals surface area contributed by atoms with E-state index in [-0.39, 0.29) is 37.3 Å². The number of hydrogen-bond acceptors (Lipinski definition) is 8. The highest BCUT2D eigenvalue weighted by atomic mass is 17.2. The number of carbonyl (C=O) groups is 4. The second-order valence-electron chi connectivity index (χ2n) is 8.52. The topological polar surface area (TPSA) is 194 Å². The number of alkyl carbamates (subject to hydrolysis) is 1. The Kier molecular flexibility index (Phi) is 11.6. The average molecular weight is 507 g/mol. The maximum absolute atomic E-state index is 12.7. The first-order valence-corrected chi connectivity index (χ1v) is 11.6. The van der Waals surface area contributed by atoms with Crippen molar-refractivity contribution in [3.8, 4) is 0 Å². The second-order valence-corrected chi connectivity index (χ2v) is 8.52. The van der Waals surface area contributed by atoms with E-state index in [1.54, 1.807) is 26.0 Å². The molecule has 0 radical (unpaired) electrons. The number of hydrogen-bond donors (Lipinski definition) is 6. The predicted molar refractivity (Wildman–Crippen MR) is 128 cm³/mol. The minimum atomic E-state index is -0.934. The van der Waals surface area contributed by atoms with Crippen LogP contribution in [0, 0.1) is 11.3 Å². The molecule has 1 saturated heterocycles. The summed E-state index contributed by atoms with van der Waals surface area (Å²) in [5.74, 6) is -1.99. The number of ketones is 1. The average Bonchev–Trinajstić information content (AvgIpc) is 2.80. The molecule has 3 atom stereocenters. The van der Waals surface area contributed by atoms with Crippen molar-refractivity contribution in [2.45, 2.75) is 51.5 Å². The first-order chi connectivity index (χ1) is 17.2. The van der Waals surface area contributed by atoms with Gasteiger partial charge in [0.2, 0.25) is 11.8 Å². The van der Waals surface area contributed by atoms with Crippen LogP contribution in [0.4, 0.5) is 4.79 Å². The zero-order valence-corrected chi connectivity index (χ0v) is 20.4. The summed E-state index contributed by atoms with van der Waals surface area (Å²) < 4.78 is 5.17. The number of nitrogens with two attached hydrogens (primary N) is 1. The molecule has 13 nitrogen and oxygen atoms in total. The molecule has 3 amide bonds. The molecule has 1 aliphatic rings. The van der Waals surface area contributed by atoms with Gasteiger partial charge in [-0.2, -0.15) is 0 Å². The monoisotopic (exact) mass is 506 g/mol. The lowest BCUT2D eigenvalue weighted by atomic mass is 10.0. The van der Waals surface area contributed by atoms with E-state index in [4.69, 9.17) is 20.8 Å². The molecular weight excluding hydrogens is 472 g/mol. The van der Waals surface area contributed by atoms with Gasteiger partial charge in [-0.1, -0.05) is 44.2 Å². The predicted octanol–water partition coefficient (Wildman–Crippen LogP) is -0.299. The van der Waals surface area contributed by atoms with Crippen LogP contribution in [0.1, 0.15) is 32.3 Å². The Morgan fingerprint density at radius 3 is 2.42 bits per heavy atom. The van der Waals surface area contributed by atoms with E-state index < -0.39 is 42.6 Å². The molecule has 198 valence electrons. The molecule has 36 heavy (non-hydrogen) atoms. The lowest BCUT2D eigenvalue weighted by Crippen LogP contribution is -2.54. The van der Waals surface area contributed by atoms with Crippen molar-refractivity contribution in [1.29, 1.82) is 5.41 Å². The van der Waals surface area contributed by atoms with Crippen molar-refractivity contribution in [3.63, 3.8) is 0 Å². The molecule has 1 unspecified atom stereocenters. The number of nitrogens with one attached hydrogen (secondary N) is 5. The number of ether oxygens (including phenoxy) is 1. The zero-order valence-electron chi connectivity index (χ0n) is 20.4. The molecule has 0 aromatic heterocycles. The molecule has 1 heterocycles. The fraction of sp³-hybridized carbons (Fsp3) is 0.522. The molecule has 0 bridgehead atoms. The maximum atomic E-state index is 12.7. The number of benzene rings is 1. The Morgan fingerprint density at radius 2 is 1.83 bits per heavy atom. The van der Waals surface area contributed by atoms with Gasteiger partial charge < -0.3 is 31.7 Å². The zero-order chi connectivity index (χ0) is 26.5. The van der Waals surface area contributed by atoms with Crippen LogP contribution in [0.15, 0.2) is 30.3 Å². The third-order valence-electron chi connectivity index (χ3n) is 5.24. The van der Waals surface area contributed by atoms with Gasteiger partial charge in [0.1, 0.15) is 19.3 Å². The smallest absolute Gasteiger partial charge is 0.408 e. The molecule has 2 rings (SSSR count). The van der Waals surface area contributed by atoms with Crippen molar-refractivity contribution >= 4 is 29.7 Å². The fourth-order valence-corrected chi connectivity index (χ4v) is 3.25. The summed E-state index contributed by atoms with van der Waals surface area (Å²) in [6.07, 6.45) is -0.824. The summed E-state index contributed by atoms with van der Waals surface area (Å²) in [4.78, 5) is 59.2. The highest BCUT2D eigenvalue weighted by Gasteiger charge is 2.35. The highest BCUT2D eigenvalue weighted by Crippen LogP contribution is 2.12. The molecule has 0 saturated carbocycles. The van der Waals surface area contributed by atoms with Gasteiger partial charge in [-0.3, -0.25) is 19.8 Å². The highest BCUT2D eigenvalue weighted by molar-refractivity contribution is 5.94. The van der Waals surface area contributed by atoms with Crippen molar-refractivity contribution in [1.82, 2.24) is 21.3 Å². The number of rotatable bonds is 14. The summed E-state index contributed by atoms with van der Waals surface area (Å²) in [5, 5.41) is 17.4. The van der Waals surface area contributed by atoms with Gasteiger partial charge >= 0.3 is 6.09 Å². The van der Waals surface area contributed by atoms with Crippen LogP contribution in [0.3, 0.4) is 0 Å². The molecule has 1 fully saturated rings. The first-order valence-electron chi connectivity index (χ1n) is 11.6. The largest absolute Gasteiger partial charge is 0.445 e. The Bertz CT molecular complexity index is 907. The van der Waals surface area contributed by atoms with Crippen molar-refractivity contribution in [3.05, 3.63) is 35.9 Å². The summed E-state index contributed by atoms with van der Waals surface area (Å²) in [6, 6.07) is 7.29. The van der Waals surface area contributed by atoms with Crippen LogP contribution < -0.4 is 27.0 Å². The minimum Gasteiger partial charge on any atom is -0.445 e. The van der Waals surface area contributed by atoms with Gasteiger partial charge in [0, 0.05) is 6.54 Å². The SMILES string of the molecule is CC(C)[C@H](NC(=O)OCc1ccccc1)C(=O)NCC(=O)N[C@@H](CCCNC(=N)N)C(=O)C1COO1. The lowest BCUT2D eigenvalue weighted by molar-refractivity contribution is -0.410. The first kappa shape index (κ1) is 28.5. The summed E-state index contributed by atoms with van der Waals surface area (Å²) in [5.41, 5.74) is 6.04. The van der Waals surface area contributed by atoms with Crippen LogP contribution >= 0.6 is 0 Å². The van der Waals surface area contributed by atoms with Gasteiger partial charge in [0.25, 0.3) is 0 Å². The van der Waals surface area contributed by atoms with Crippen LogP contribution in [0.25, 0.3) is 0 Å². The van der Waals surface area contributed by atoms with Gasteiger partial charge in [-0.05, 0) is 24.3 Å². The molecular formula is C23H34N6O7. The van der Waals surface area contributed by atoms with E-state index >= 15 is 0 Å². The minimum absolute atomic E-state index is 0.0502. The Hall–Kier alpha value is -3.71. The van der Waals surface area contributed by atoms with E-state index in [1.807, 2.05) is 18.2 Å². The molecule has 0 aliphatic carbocycles. The van der Waals surface area contributed by atoms with Gasteiger partial charge in [-0.25, -0.2) is 14.6 Å². The Morgan fingerprint density at radius 1 is 1.14 bits per heavy atom. The van der Waals surface area contributed by atoms with Gasteiger partial charge in [0.05, 0.1) is 12.6 Å². The molecule has 1 aromatic rings. The molecule has 7 N–H and O–H groups in total. The van der Waals surface area contributed by atoms with Crippen molar-refractivity contribution in [2.75, 3.05) is 19.7 Å². The van der Waals surface area contributed by atoms with E-state index in [1.165, 1.54) is 0 Å². The van der Waals surface area contributed by atoms with Crippen molar-refractivity contribution < 1.29 is 33.7 Å². The number of carbonyl (C=O) groups excluding carboxylic acids is 4. The van der Waals surface area contributed by atoms with Crippen molar-refractivity contribution in [2.24, 2.45) is 11.7 Å². The quantitative estimate of drug-likeness (QED) is 0.0850. The summed E-state index contributed by atoms with van der Waals surface area (Å²) in [6.45, 7) is 3.57. The Labute approximate surface area is 209 Å². The lowest BCUT2D eigenvalue weighted by Gasteiger charge is -2.28. The van der Waals surface area contributed by atoms with E-state index in [2.05, 4.69) is 26.2 Å². The standard InChI is InChI=1S/C23H34N6O7/c1-14(2)19(29-23(33)34-12-15-7-4-3-5-8-15)21(32)27-11-18(30)28-16(9-6-10-26-22(24)25)20(31)17-13-35-36-17/h3-5,7-8,14,16-17,19H,6,9-13H2,1-2H3,(H,27,32)(H,28,30)(H,29,33)(H4,24,25,26)/t16-,17?,19-/m0/s1. The van der Waals surface area contributed by atoms with Crippen LogP contribution in [-0.2, 0) is 35.5 Å². The van der Waals surface area contributed by atoms with E-state index in [9.17, 15) is 19.2 Å².